The number of rotatable bonds is 7. The number of benzene rings is 2. The first-order valence-corrected chi connectivity index (χ1v) is 9.78. The fraction of sp³-hybridized carbons (Fsp3) is 0.190. The lowest BCUT2D eigenvalue weighted by Crippen LogP contribution is -2.33. The maximum atomic E-state index is 13.8. The second-order valence-corrected chi connectivity index (χ2v) is 7.00. The fourth-order valence-corrected chi connectivity index (χ4v) is 3.64. The molecular weight excluding hydrogens is 448 g/mol. The number of allylic oxidation sites excluding steroid dienone is 1. The minimum absolute atomic E-state index is 0.0126. The number of hydrogen-bond donors (Lipinski definition) is 1. The molecule has 13 heteroatoms. The smallest absolute Gasteiger partial charge is 0.355 e. The maximum absolute atomic E-state index is 13.8. The van der Waals surface area contributed by atoms with Crippen LogP contribution in [-0.2, 0) is 9.53 Å². The van der Waals surface area contributed by atoms with Gasteiger partial charge in [0, 0.05) is 29.3 Å². The summed E-state index contributed by atoms with van der Waals surface area (Å²) in [5.74, 6) is -0.601. The molecule has 34 heavy (non-hydrogen) atoms. The molecule has 0 saturated carbocycles. The molecule has 1 atom stereocenters. The first kappa shape index (κ1) is 22.4. The zero-order valence-electron chi connectivity index (χ0n) is 18.2. The van der Waals surface area contributed by atoms with Crippen molar-refractivity contribution < 1.29 is 28.7 Å². The second-order valence-electron chi connectivity index (χ2n) is 7.00. The highest BCUT2D eigenvalue weighted by atomic mass is 16.6. The van der Waals surface area contributed by atoms with Gasteiger partial charge in [-0.1, -0.05) is 17.2 Å². The molecule has 13 nitrogen and oxygen atoms in total. The molecule has 0 fully saturated rings. The number of ketones is 1. The van der Waals surface area contributed by atoms with E-state index in [2.05, 4.69) is 20.8 Å². The van der Waals surface area contributed by atoms with Crippen LogP contribution >= 0.6 is 0 Å². The van der Waals surface area contributed by atoms with Crippen molar-refractivity contribution in [2.75, 3.05) is 26.6 Å². The van der Waals surface area contributed by atoms with Gasteiger partial charge in [0.15, 0.2) is 5.78 Å². The van der Waals surface area contributed by atoms with Gasteiger partial charge in [0.05, 0.1) is 31.8 Å². The third kappa shape index (κ3) is 3.79. The van der Waals surface area contributed by atoms with Crippen LogP contribution in [-0.4, -0.2) is 58.2 Å². The van der Waals surface area contributed by atoms with Crippen molar-refractivity contribution in [2.45, 2.75) is 6.04 Å². The molecule has 174 valence electrons. The van der Waals surface area contributed by atoms with E-state index in [-0.39, 0.29) is 28.5 Å². The van der Waals surface area contributed by atoms with Gasteiger partial charge in [0.1, 0.15) is 23.2 Å². The molecule has 1 N–H and O–H groups in total. The summed E-state index contributed by atoms with van der Waals surface area (Å²) in [6, 6.07) is 9.05. The van der Waals surface area contributed by atoms with E-state index in [0.29, 0.717) is 17.1 Å². The van der Waals surface area contributed by atoms with Crippen LogP contribution in [0.15, 0.2) is 53.7 Å². The summed E-state index contributed by atoms with van der Waals surface area (Å²) < 4.78 is 17.0. The summed E-state index contributed by atoms with van der Waals surface area (Å²) in [7, 11) is 4.09. The number of nitro groups is 1. The largest absolute Gasteiger partial charge is 0.497 e. The van der Waals surface area contributed by atoms with Crippen LogP contribution in [0.25, 0.3) is 0 Å². The van der Waals surface area contributed by atoms with Gasteiger partial charge >= 0.3 is 5.97 Å². The van der Waals surface area contributed by atoms with E-state index in [4.69, 9.17) is 14.2 Å². The van der Waals surface area contributed by atoms with Gasteiger partial charge < -0.3 is 19.5 Å². The molecule has 3 aromatic rings. The summed E-state index contributed by atoms with van der Waals surface area (Å²) in [4.78, 5) is 37.1. The molecule has 0 spiro atoms. The van der Waals surface area contributed by atoms with E-state index < -0.39 is 22.7 Å². The molecule has 1 aromatic heterocycles. The van der Waals surface area contributed by atoms with Crippen LogP contribution in [0.3, 0.4) is 0 Å². The predicted octanol–water partition coefficient (Wildman–Crippen LogP) is 1.92. The monoisotopic (exact) mass is 466 g/mol. The Kier molecular flexibility index (Phi) is 5.91. The Balaban J connectivity index is 1.98. The highest BCUT2D eigenvalue weighted by molar-refractivity contribution is 6.15. The molecule has 0 bridgehead atoms. The Bertz CT molecular complexity index is 1330. The first-order valence-electron chi connectivity index (χ1n) is 9.78. The number of nitro benzene ring substituents is 1. The summed E-state index contributed by atoms with van der Waals surface area (Å²) >= 11 is 0. The number of carbonyl (C=O) groups excluding carboxylic acids is 2. The van der Waals surface area contributed by atoms with E-state index in [1.165, 1.54) is 37.1 Å². The number of Topliss-reactive ketones (excluding diaryl/α,β-unsaturated/α-hetero) is 1. The number of aromatic nitrogens is 4. The molecular formula is C21H18N6O7. The minimum atomic E-state index is -1.03. The van der Waals surface area contributed by atoms with Gasteiger partial charge in [0.25, 0.3) is 5.69 Å². The number of nitrogens with zero attached hydrogens (tertiary/aromatic N) is 5. The normalized spacial score (nSPS) is 14.6. The Morgan fingerprint density at radius 2 is 1.91 bits per heavy atom. The van der Waals surface area contributed by atoms with Crippen LogP contribution in [0.2, 0.25) is 0 Å². The SMILES string of the molecule is COC(=O)C1=C(C(=O)c2cccc([N+](=O)[O-])c2)[C@@H](c2ccc(OC)cc2OC)n2nnnc2N1. The zero-order chi connectivity index (χ0) is 24.4. The molecule has 1 aliphatic rings. The Morgan fingerprint density at radius 1 is 1.12 bits per heavy atom. The lowest BCUT2D eigenvalue weighted by molar-refractivity contribution is -0.384. The number of methoxy groups -OCH3 is 3. The third-order valence-electron chi connectivity index (χ3n) is 5.21. The van der Waals surface area contributed by atoms with Crippen LogP contribution in [0.4, 0.5) is 11.6 Å². The summed E-state index contributed by atoms with van der Waals surface area (Å²) in [6.45, 7) is 0. The highest BCUT2D eigenvalue weighted by Crippen LogP contribution is 2.41. The van der Waals surface area contributed by atoms with E-state index in [9.17, 15) is 19.7 Å². The van der Waals surface area contributed by atoms with Crippen LogP contribution in [0.1, 0.15) is 22.0 Å². The molecule has 2 heterocycles. The summed E-state index contributed by atoms with van der Waals surface area (Å²) in [5.41, 5.74) is -0.147. The van der Waals surface area contributed by atoms with E-state index >= 15 is 0 Å². The van der Waals surface area contributed by atoms with Gasteiger partial charge in [-0.2, -0.15) is 4.68 Å². The van der Waals surface area contributed by atoms with Crippen molar-refractivity contribution >= 4 is 23.4 Å². The third-order valence-corrected chi connectivity index (χ3v) is 5.21. The number of nitrogens with one attached hydrogen (secondary N) is 1. The molecule has 1 aliphatic heterocycles. The number of carbonyl (C=O) groups is 2. The molecule has 0 saturated heterocycles. The molecule has 0 aliphatic carbocycles. The van der Waals surface area contributed by atoms with E-state index in [1.807, 2.05) is 0 Å². The van der Waals surface area contributed by atoms with Crippen molar-refractivity contribution in [3.8, 4) is 11.5 Å². The highest BCUT2D eigenvalue weighted by Gasteiger charge is 2.40. The van der Waals surface area contributed by atoms with Crippen molar-refractivity contribution in [1.29, 1.82) is 0 Å². The second kappa shape index (κ2) is 8.97. The molecule has 2 aromatic carbocycles. The van der Waals surface area contributed by atoms with Crippen LogP contribution in [0.5, 0.6) is 11.5 Å². The summed E-state index contributed by atoms with van der Waals surface area (Å²) in [6.07, 6.45) is 0. The average molecular weight is 466 g/mol. The number of hydrogen-bond acceptors (Lipinski definition) is 11. The van der Waals surface area contributed by atoms with Crippen molar-refractivity contribution in [3.05, 3.63) is 75.0 Å². The molecule has 0 unspecified atom stereocenters. The van der Waals surface area contributed by atoms with Crippen molar-refractivity contribution in [3.63, 3.8) is 0 Å². The number of ether oxygens (including phenoxy) is 3. The van der Waals surface area contributed by atoms with Gasteiger partial charge in [-0.25, -0.2) is 4.79 Å². The maximum Gasteiger partial charge on any atom is 0.355 e. The fourth-order valence-electron chi connectivity index (χ4n) is 3.64. The molecule has 0 radical (unpaired) electrons. The van der Waals surface area contributed by atoms with Gasteiger partial charge in [-0.3, -0.25) is 14.9 Å². The number of non-ortho nitro benzene ring substituents is 1. The average Bonchev–Trinajstić information content (AvgIpc) is 3.34. The van der Waals surface area contributed by atoms with Crippen molar-refractivity contribution in [1.82, 2.24) is 20.2 Å². The number of tetrazole rings is 1. The lowest BCUT2D eigenvalue weighted by atomic mass is 9.88. The summed E-state index contributed by atoms with van der Waals surface area (Å²) in [5, 5.41) is 25.5. The van der Waals surface area contributed by atoms with Crippen LogP contribution in [0, 0.1) is 10.1 Å². The number of anilines is 1. The quantitative estimate of drug-likeness (QED) is 0.234. The topological polar surface area (TPSA) is 161 Å². The Hall–Kier alpha value is -4.81. The van der Waals surface area contributed by atoms with Gasteiger partial charge in [0.2, 0.25) is 5.95 Å². The lowest BCUT2D eigenvalue weighted by Gasteiger charge is -2.29. The van der Waals surface area contributed by atoms with E-state index in [0.717, 1.165) is 13.2 Å². The van der Waals surface area contributed by atoms with Crippen molar-refractivity contribution in [2.24, 2.45) is 0 Å². The zero-order valence-corrected chi connectivity index (χ0v) is 18.2. The number of esters is 1. The molecule has 4 rings (SSSR count). The predicted molar refractivity (Wildman–Crippen MR) is 116 cm³/mol. The Morgan fingerprint density at radius 3 is 2.59 bits per heavy atom. The van der Waals surface area contributed by atoms with Gasteiger partial charge in [-0.15, -0.1) is 0 Å². The Labute approximate surface area is 192 Å². The number of fused-ring (bicyclic) bond motifs is 1. The van der Waals surface area contributed by atoms with E-state index in [1.54, 1.807) is 18.2 Å². The minimum Gasteiger partial charge on any atom is -0.497 e. The van der Waals surface area contributed by atoms with Crippen LogP contribution < -0.4 is 14.8 Å². The standard InChI is InChI=1S/C21H18N6O7/c1-32-13-7-8-14(15(10-13)33-2)18-16(19(28)11-5-4-6-12(9-11)27(30)31)17(20(29)34-3)22-21-23-24-25-26(18)21/h4-10,18H,1-3H3,(H,22,23,25)/t18-/m1/s1. The first-order chi connectivity index (χ1) is 16.4. The molecule has 0 amide bonds. The van der Waals surface area contributed by atoms with Gasteiger partial charge in [-0.05, 0) is 22.6 Å².